The second-order valence-electron chi connectivity index (χ2n) is 8.68. The van der Waals surface area contributed by atoms with Crippen LogP contribution in [0.25, 0.3) is 0 Å². The zero-order valence-corrected chi connectivity index (χ0v) is 18.9. The molecular weight excluding hydrogens is 426 g/mol. The lowest BCUT2D eigenvalue weighted by Gasteiger charge is -2.32. The van der Waals surface area contributed by atoms with Crippen molar-refractivity contribution >= 4 is 17.4 Å². The average molecular weight is 454 g/mol. The molecule has 7 nitrogen and oxygen atoms in total. The van der Waals surface area contributed by atoms with E-state index >= 15 is 0 Å². The first-order chi connectivity index (χ1) is 16.6. The lowest BCUT2D eigenvalue weighted by Crippen LogP contribution is -2.39. The Balaban J connectivity index is 1.38. The van der Waals surface area contributed by atoms with E-state index in [9.17, 15) is 4.79 Å². The van der Waals surface area contributed by atoms with E-state index in [2.05, 4.69) is 16.5 Å². The van der Waals surface area contributed by atoms with Gasteiger partial charge in [-0.05, 0) is 67.7 Å². The average Bonchev–Trinajstić information content (AvgIpc) is 3.24. The number of rotatable bonds is 6. The fourth-order valence-corrected chi connectivity index (χ4v) is 4.78. The highest BCUT2D eigenvalue weighted by atomic mass is 16.5. The maximum atomic E-state index is 12.1. The minimum atomic E-state index is -0.112. The van der Waals surface area contributed by atoms with Gasteiger partial charge in [0.15, 0.2) is 0 Å². The highest BCUT2D eigenvalue weighted by Crippen LogP contribution is 2.38. The molecule has 172 valence electrons. The highest BCUT2D eigenvalue weighted by Gasteiger charge is 2.33. The van der Waals surface area contributed by atoms with Crippen molar-refractivity contribution < 1.29 is 9.53 Å². The number of benzene rings is 2. The van der Waals surface area contributed by atoms with Crippen LogP contribution in [0.2, 0.25) is 0 Å². The summed E-state index contributed by atoms with van der Waals surface area (Å²) in [4.78, 5) is 27.8. The van der Waals surface area contributed by atoms with Crippen molar-refractivity contribution in [3.8, 4) is 11.5 Å². The van der Waals surface area contributed by atoms with Gasteiger partial charge in [-0.2, -0.15) is 0 Å². The van der Waals surface area contributed by atoms with Crippen LogP contribution in [-0.4, -0.2) is 39.6 Å². The van der Waals surface area contributed by atoms with Crippen LogP contribution in [-0.2, 0) is 4.79 Å². The van der Waals surface area contributed by atoms with E-state index in [0.717, 1.165) is 59.8 Å². The molecule has 0 saturated carbocycles. The summed E-state index contributed by atoms with van der Waals surface area (Å²) in [5.41, 5.74) is 9.70. The molecule has 0 bridgehead atoms. The molecule has 7 heteroatoms. The zero-order valence-electron chi connectivity index (χ0n) is 18.9. The maximum absolute atomic E-state index is 12.1. The van der Waals surface area contributed by atoms with Crippen LogP contribution in [0, 0.1) is 5.92 Å². The number of nitrogens with zero attached hydrogens (tertiary/aromatic N) is 4. The minimum Gasteiger partial charge on any atom is -0.457 e. The number of aromatic nitrogens is 2. The van der Waals surface area contributed by atoms with Crippen molar-refractivity contribution in [3.63, 3.8) is 0 Å². The van der Waals surface area contributed by atoms with Crippen LogP contribution in [0.5, 0.6) is 11.5 Å². The first-order valence-electron chi connectivity index (χ1n) is 11.6. The molecule has 0 radical (unpaired) electrons. The Bertz CT molecular complexity index is 1220. The number of ether oxygens (including phenoxy) is 1. The summed E-state index contributed by atoms with van der Waals surface area (Å²) in [6.07, 6.45) is 5.75. The molecule has 3 heterocycles. The number of fused-ring (bicyclic) bond motifs is 1. The molecular formula is C27H27N5O2. The van der Waals surface area contributed by atoms with Crippen LogP contribution in [0.15, 0.2) is 78.6 Å². The van der Waals surface area contributed by atoms with Gasteiger partial charge < -0.3 is 15.4 Å². The molecule has 0 spiro atoms. The number of para-hydroxylation sites is 1. The highest BCUT2D eigenvalue weighted by molar-refractivity contribution is 6.17. The predicted octanol–water partition coefficient (Wildman–Crippen LogP) is 4.56. The summed E-state index contributed by atoms with van der Waals surface area (Å²) >= 11 is 0. The Labute approximate surface area is 199 Å². The van der Waals surface area contributed by atoms with Crippen molar-refractivity contribution in [1.29, 1.82) is 0 Å². The monoisotopic (exact) mass is 453 g/mol. The number of carbonyl (C=O) groups excluding carboxylic acids is 1. The Morgan fingerprint density at radius 3 is 2.65 bits per heavy atom. The van der Waals surface area contributed by atoms with Gasteiger partial charge in [-0.15, -0.1) is 0 Å². The number of hydrogen-bond acceptors (Lipinski definition) is 6. The quantitative estimate of drug-likeness (QED) is 0.552. The van der Waals surface area contributed by atoms with E-state index in [-0.39, 0.29) is 11.9 Å². The van der Waals surface area contributed by atoms with Crippen LogP contribution < -0.4 is 10.5 Å². The second kappa shape index (κ2) is 9.47. The van der Waals surface area contributed by atoms with Crippen molar-refractivity contribution in [2.45, 2.75) is 25.3 Å². The molecule has 2 aliphatic heterocycles. The molecule has 5 rings (SSSR count). The van der Waals surface area contributed by atoms with Crippen molar-refractivity contribution in [1.82, 2.24) is 14.9 Å². The molecule has 0 aliphatic carbocycles. The number of nitrogen functional groups attached to an aromatic ring is 1. The number of amides is 1. The van der Waals surface area contributed by atoms with Gasteiger partial charge in [0.2, 0.25) is 5.91 Å². The fraction of sp³-hybridized carbons (Fsp3) is 0.259. The topological polar surface area (TPSA) is 93.7 Å². The number of anilines is 1. The van der Waals surface area contributed by atoms with Gasteiger partial charge in [-0.3, -0.25) is 9.79 Å². The Kier molecular flexibility index (Phi) is 6.08. The third-order valence-corrected chi connectivity index (χ3v) is 6.41. The van der Waals surface area contributed by atoms with E-state index in [1.807, 2.05) is 59.5 Å². The maximum Gasteiger partial charge on any atom is 0.245 e. The van der Waals surface area contributed by atoms with Crippen LogP contribution in [0.4, 0.5) is 5.82 Å². The number of nitrogens with two attached hydrogens (primary N) is 1. The molecule has 2 unspecified atom stereocenters. The molecule has 1 saturated heterocycles. The molecule has 1 aromatic heterocycles. The first kappa shape index (κ1) is 21.8. The van der Waals surface area contributed by atoms with Crippen LogP contribution >= 0.6 is 0 Å². The normalized spacial score (nSPS) is 19.3. The Morgan fingerprint density at radius 2 is 1.88 bits per heavy atom. The largest absolute Gasteiger partial charge is 0.457 e. The van der Waals surface area contributed by atoms with Crippen molar-refractivity contribution in [2.75, 3.05) is 18.8 Å². The molecule has 2 atom stereocenters. The van der Waals surface area contributed by atoms with Crippen molar-refractivity contribution in [2.24, 2.45) is 10.9 Å². The Hall–Kier alpha value is -4.00. The van der Waals surface area contributed by atoms with E-state index < -0.39 is 0 Å². The second-order valence-corrected chi connectivity index (χ2v) is 8.68. The van der Waals surface area contributed by atoms with Gasteiger partial charge in [-0.1, -0.05) is 24.8 Å². The molecule has 2 N–H and O–H groups in total. The standard InChI is InChI=1S/C27H27N5O2/c1-2-23(33)32-14-6-7-18(16-32)15-22-26-24(27(28)30-17-29-26)25(31-22)19-10-12-21(13-11-19)34-20-8-4-3-5-9-20/h2-5,8-13,17-18,22H,1,6-7,14-16H2,(H2,28,29,30). The van der Waals surface area contributed by atoms with Gasteiger partial charge in [0.1, 0.15) is 23.6 Å². The van der Waals surface area contributed by atoms with Gasteiger partial charge in [-0.25, -0.2) is 9.97 Å². The van der Waals surface area contributed by atoms with E-state index in [0.29, 0.717) is 18.3 Å². The molecule has 2 aromatic carbocycles. The lowest BCUT2D eigenvalue weighted by atomic mass is 9.90. The molecule has 2 aliphatic rings. The van der Waals surface area contributed by atoms with Crippen molar-refractivity contribution in [3.05, 3.63) is 90.4 Å². The SMILES string of the molecule is C=CC(=O)N1CCCC(CC2N=C(c3ccc(Oc4ccccc4)cc3)c3c(N)ncnc32)C1. The number of piperidine rings is 1. The third-order valence-electron chi connectivity index (χ3n) is 6.41. The van der Waals surface area contributed by atoms with E-state index in [4.69, 9.17) is 15.5 Å². The lowest BCUT2D eigenvalue weighted by molar-refractivity contribution is -0.127. The molecule has 1 amide bonds. The summed E-state index contributed by atoms with van der Waals surface area (Å²) in [5.74, 6) is 2.30. The summed E-state index contributed by atoms with van der Waals surface area (Å²) in [5, 5.41) is 0. The number of aliphatic imine (C=N–C) groups is 1. The predicted molar refractivity (Wildman–Crippen MR) is 132 cm³/mol. The molecule has 1 fully saturated rings. The van der Waals surface area contributed by atoms with Crippen LogP contribution in [0.3, 0.4) is 0 Å². The van der Waals surface area contributed by atoms with Gasteiger partial charge in [0.05, 0.1) is 23.0 Å². The van der Waals surface area contributed by atoms with Crippen LogP contribution in [0.1, 0.15) is 42.1 Å². The first-order valence-corrected chi connectivity index (χ1v) is 11.6. The number of carbonyl (C=O) groups is 1. The number of likely N-dealkylation sites (tertiary alicyclic amines) is 1. The van der Waals surface area contributed by atoms with Gasteiger partial charge in [0, 0.05) is 18.7 Å². The zero-order chi connectivity index (χ0) is 23.5. The fourth-order valence-electron chi connectivity index (χ4n) is 4.78. The Morgan fingerprint density at radius 1 is 1.12 bits per heavy atom. The third kappa shape index (κ3) is 4.41. The van der Waals surface area contributed by atoms with E-state index in [1.165, 1.54) is 12.4 Å². The molecule has 34 heavy (non-hydrogen) atoms. The number of hydrogen-bond donors (Lipinski definition) is 1. The molecule has 3 aromatic rings. The minimum absolute atomic E-state index is 0.00917. The van der Waals surface area contributed by atoms with Gasteiger partial charge >= 0.3 is 0 Å². The summed E-state index contributed by atoms with van der Waals surface area (Å²) in [7, 11) is 0. The van der Waals surface area contributed by atoms with E-state index in [1.54, 1.807) is 0 Å². The smallest absolute Gasteiger partial charge is 0.245 e. The summed E-state index contributed by atoms with van der Waals surface area (Å²) in [6.45, 7) is 5.12. The van der Waals surface area contributed by atoms with Gasteiger partial charge in [0.25, 0.3) is 0 Å². The summed E-state index contributed by atoms with van der Waals surface area (Å²) in [6, 6.07) is 17.4. The summed E-state index contributed by atoms with van der Waals surface area (Å²) < 4.78 is 5.92.